The third-order valence-electron chi connectivity index (χ3n) is 1.69. The number of hydrogen-bond acceptors (Lipinski definition) is 2. The van der Waals surface area contributed by atoms with Gasteiger partial charge in [0.25, 0.3) is 12.3 Å². The molecule has 0 atom stereocenters. The van der Waals surface area contributed by atoms with Crippen LogP contribution in [0.25, 0.3) is 0 Å². The number of hydrogen-bond donors (Lipinski definition) is 1. The van der Waals surface area contributed by atoms with Gasteiger partial charge in [-0.25, -0.2) is 8.78 Å². The first-order chi connectivity index (χ1) is 7.13. The van der Waals surface area contributed by atoms with Crippen molar-refractivity contribution in [2.75, 3.05) is 6.54 Å². The zero-order valence-electron chi connectivity index (χ0n) is 7.71. The second-order valence-electron chi connectivity index (χ2n) is 2.79. The summed E-state index contributed by atoms with van der Waals surface area (Å²) in [5.41, 5.74) is 0.676. The molecule has 15 heavy (non-hydrogen) atoms. The lowest BCUT2D eigenvalue weighted by atomic mass is 10.1. The molecule has 0 aromatic heterocycles. The Bertz CT molecular complexity index is 381. The summed E-state index contributed by atoms with van der Waals surface area (Å²) in [5, 5.41) is 10.6. The standard InChI is InChI=1S/C10H8F2N2O/c11-9(12)6-14-10(15)8-3-1-7(5-13)2-4-8/h1-4,9H,6H2,(H,14,15). The number of alkyl halides is 2. The van der Waals surface area contributed by atoms with Gasteiger partial charge in [-0.1, -0.05) is 0 Å². The van der Waals surface area contributed by atoms with Gasteiger partial charge < -0.3 is 5.32 Å². The van der Waals surface area contributed by atoms with Crippen molar-refractivity contribution >= 4 is 5.91 Å². The number of nitrogens with zero attached hydrogens (tertiary/aromatic N) is 1. The van der Waals surface area contributed by atoms with Crippen LogP contribution in [0, 0.1) is 11.3 Å². The van der Waals surface area contributed by atoms with Gasteiger partial charge in [0.15, 0.2) is 0 Å². The predicted octanol–water partition coefficient (Wildman–Crippen LogP) is 1.55. The van der Waals surface area contributed by atoms with Crippen molar-refractivity contribution in [2.45, 2.75) is 6.43 Å². The molecule has 3 nitrogen and oxygen atoms in total. The molecule has 0 radical (unpaired) electrons. The SMILES string of the molecule is N#Cc1ccc(C(=O)NCC(F)F)cc1. The van der Waals surface area contributed by atoms with Crippen molar-refractivity contribution in [3.8, 4) is 6.07 Å². The van der Waals surface area contributed by atoms with Gasteiger partial charge in [0.1, 0.15) is 0 Å². The summed E-state index contributed by atoms with van der Waals surface area (Å²) in [7, 11) is 0. The molecular weight excluding hydrogens is 202 g/mol. The second-order valence-corrected chi connectivity index (χ2v) is 2.79. The maximum absolute atomic E-state index is 11.8. The molecule has 5 heteroatoms. The minimum atomic E-state index is -2.56. The average molecular weight is 210 g/mol. The van der Waals surface area contributed by atoms with E-state index in [9.17, 15) is 13.6 Å². The van der Waals surface area contributed by atoms with Crippen LogP contribution in [0.3, 0.4) is 0 Å². The van der Waals surface area contributed by atoms with Crippen LogP contribution in [0.15, 0.2) is 24.3 Å². The van der Waals surface area contributed by atoms with Crippen LogP contribution < -0.4 is 5.32 Å². The van der Waals surface area contributed by atoms with Crippen molar-refractivity contribution in [2.24, 2.45) is 0 Å². The lowest BCUT2D eigenvalue weighted by Crippen LogP contribution is -2.28. The molecule has 0 fully saturated rings. The number of nitriles is 1. The molecule has 78 valence electrons. The van der Waals surface area contributed by atoms with Gasteiger partial charge in [0.2, 0.25) is 0 Å². The highest BCUT2D eigenvalue weighted by molar-refractivity contribution is 5.94. The van der Waals surface area contributed by atoms with Gasteiger partial charge in [-0.15, -0.1) is 0 Å². The molecule has 0 heterocycles. The van der Waals surface area contributed by atoms with Gasteiger partial charge >= 0.3 is 0 Å². The summed E-state index contributed by atoms with van der Waals surface area (Å²) < 4.78 is 23.5. The average Bonchev–Trinajstić information content (AvgIpc) is 2.26. The van der Waals surface area contributed by atoms with E-state index in [1.54, 1.807) is 0 Å². The third-order valence-corrected chi connectivity index (χ3v) is 1.69. The Hall–Kier alpha value is -1.96. The molecule has 0 aliphatic rings. The van der Waals surface area contributed by atoms with E-state index in [1.165, 1.54) is 24.3 Å². The molecule has 0 saturated carbocycles. The largest absolute Gasteiger partial charge is 0.346 e. The van der Waals surface area contributed by atoms with Gasteiger partial charge in [-0.3, -0.25) is 4.79 Å². The highest BCUT2D eigenvalue weighted by Crippen LogP contribution is 2.03. The van der Waals surface area contributed by atoms with Crippen molar-refractivity contribution < 1.29 is 13.6 Å². The molecule has 0 aliphatic carbocycles. The van der Waals surface area contributed by atoms with Crippen molar-refractivity contribution in [3.05, 3.63) is 35.4 Å². The van der Waals surface area contributed by atoms with Crippen LogP contribution in [-0.2, 0) is 0 Å². The molecule has 1 rings (SSSR count). The summed E-state index contributed by atoms with van der Waals surface area (Å²) in [4.78, 5) is 11.2. The minimum Gasteiger partial charge on any atom is -0.346 e. The number of rotatable bonds is 3. The molecule has 1 N–H and O–H groups in total. The van der Waals surface area contributed by atoms with E-state index in [0.29, 0.717) is 5.56 Å². The highest BCUT2D eigenvalue weighted by Gasteiger charge is 2.08. The van der Waals surface area contributed by atoms with Crippen molar-refractivity contribution in [1.29, 1.82) is 5.26 Å². The predicted molar refractivity (Wildman–Crippen MR) is 49.5 cm³/mol. The van der Waals surface area contributed by atoms with E-state index < -0.39 is 18.9 Å². The topological polar surface area (TPSA) is 52.9 Å². The van der Waals surface area contributed by atoms with E-state index in [2.05, 4.69) is 5.32 Å². The minimum absolute atomic E-state index is 0.259. The number of amides is 1. The van der Waals surface area contributed by atoms with E-state index >= 15 is 0 Å². The monoisotopic (exact) mass is 210 g/mol. The number of benzene rings is 1. The molecular formula is C10H8F2N2O. The highest BCUT2D eigenvalue weighted by atomic mass is 19.3. The van der Waals surface area contributed by atoms with E-state index in [4.69, 9.17) is 5.26 Å². The zero-order chi connectivity index (χ0) is 11.3. The Kier molecular flexibility index (Phi) is 3.75. The van der Waals surface area contributed by atoms with Gasteiger partial charge in [-0.2, -0.15) is 5.26 Å². The lowest BCUT2D eigenvalue weighted by Gasteiger charge is -2.03. The fourth-order valence-electron chi connectivity index (χ4n) is 0.968. The summed E-state index contributed by atoms with van der Waals surface area (Å²) in [6.45, 7) is -0.668. The zero-order valence-corrected chi connectivity index (χ0v) is 7.71. The molecule has 1 aromatic carbocycles. The molecule has 1 amide bonds. The van der Waals surface area contributed by atoms with Crippen LogP contribution in [0.4, 0.5) is 8.78 Å². The third kappa shape index (κ3) is 3.35. The summed E-state index contributed by atoms with van der Waals surface area (Å²) in [6.07, 6.45) is -2.56. The first-order valence-electron chi connectivity index (χ1n) is 4.20. The molecule has 0 unspecified atom stereocenters. The lowest BCUT2D eigenvalue weighted by molar-refractivity contribution is 0.0891. The maximum atomic E-state index is 11.8. The molecule has 0 bridgehead atoms. The number of carbonyl (C=O) groups excluding carboxylic acids is 1. The Morgan fingerprint density at radius 1 is 1.40 bits per heavy atom. The number of carbonyl (C=O) groups is 1. The second kappa shape index (κ2) is 5.05. The molecule has 0 saturated heterocycles. The van der Waals surface area contributed by atoms with Gasteiger partial charge in [-0.05, 0) is 24.3 Å². The van der Waals surface area contributed by atoms with Gasteiger partial charge in [0.05, 0.1) is 18.2 Å². The van der Waals surface area contributed by atoms with E-state index in [0.717, 1.165) is 0 Å². The summed E-state index contributed by atoms with van der Waals surface area (Å²) >= 11 is 0. The number of nitrogens with one attached hydrogen (secondary N) is 1. The van der Waals surface area contributed by atoms with Crippen LogP contribution in [0.1, 0.15) is 15.9 Å². The van der Waals surface area contributed by atoms with Gasteiger partial charge in [0, 0.05) is 5.56 Å². The Balaban J connectivity index is 2.63. The quantitative estimate of drug-likeness (QED) is 0.822. The Morgan fingerprint density at radius 3 is 2.47 bits per heavy atom. The van der Waals surface area contributed by atoms with Crippen LogP contribution >= 0.6 is 0 Å². The van der Waals surface area contributed by atoms with Crippen LogP contribution in [0.5, 0.6) is 0 Å². The van der Waals surface area contributed by atoms with Crippen molar-refractivity contribution in [3.63, 3.8) is 0 Å². The first-order valence-corrected chi connectivity index (χ1v) is 4.20. The van der Waals surface area contributed by atoms with E-state index in [1.807, 2.05) is 6.07 Å². The molecule has 0 spiro atoms. The number of halogens is 2. The molecule has 1 aromatic rings. The van der Waals surface area contributed by atoms with Crippen LogP contribution in [-0.4, -0.2) is 18.9 Å². The normalized spacial score (nSPS) is 9.73. The Labute approximate surface area is 85.3 Å². The smallest absolute Gasteiger partial charge is 0.255 e. The van der Waals surface area contributed by atoms with Crippen LogP contribution in [0.2, 0.25) is 0 Å². The summed E-state index contributed by atoms with van der Waals surface area (Å²) in [6, 6.07) is 7.63. The van der Waals surface area contributed by atoms with Crippen molar-refractivity contribution in [1.82, 2.24) is 5.32 Å². The maximum Gasteiger partial charge on any atom is 0.255 e. The first kappa shape index (κ1) is 11.1. The fraction of sp³-hybridized carbons (Fsp3) is 0.200. The fourth-order valence-corrected chi connectivity index (χ4v) is 0.968. The molecule has 0 aliphatic heterocycles. The summed E-state index contributed by atoms with van der Waals surface area (Å²) in [5.74, 6) is -0.570. The Morgan fingerprint density at radius 2 is 2.00 bits per heavy atom. The van der Waals surface area contributed by atoms with E-state index in [-0.39, 0.29) is 5.56 Å².